The molecule has 1 fully saturated rings. The highest BCUT2D eigenvalue weighted by Crippen LogP contribution is 2.28. The molecule has 0 radical (unpaired) electrons. The highest BCUT2D eigenvalue weighted by atomic mass is 16.8. The third-order valence-electron chi connectivity index (χ3n) is 6.59. The smallest absolute Gasteiger partial charge is 0.256 e. The molecular weight excluding hydrogens is 472 g/mol. The summed E-state index contributed by atoms with van der Waals surface area (Å²) in [6.45, 7) is 8.50. The number of aromatic amines is 1. The molecule has 0 saturated carbocycles. The van der Waals surface area contributed by atoms with E-state index in [2.05, 4.69) is 65.4 Å². The van der Waals surface area contributed by atoms with Crippen LogP contribution in [0.2, 0.25) is 0 Å². The minimum atomic E-state index is -0.726. The molecule has 5 atom stereocenters. The Morgan fingerprint density at radius 3 is 2.08 bits per heavy atom. The molecule has 0 spiro atoms. The predicted molar refractivity (Wildman–Crippen MR) is 141 cm³/mol. The van der Waals surface area contributed by atoms with Crippen molar-refractivity contribution in [2.45, 2.75) is 63.8 Å². The van der Waals surface area contributed by atoms with Gasteiger partial charge in [0.15, 0.2) is 17.8 Å². The molecule has 37 heavy (non-hydrogen) atoms. The maximum atomic E-state index is 5.92. The highest BCUT2D eigenvalue weighted by Gasteiger charge is 2.46. The Balaban J connectivity index is 1.40. The first kappa shape index (κ1) is 26.9. The number of rotatable bonds is 8. The van der Waals surface area contributed by atoms with E-state index in [9.17, 15) is 0 Å². The van der Waals surface area contributed by atoms with Crippen molar-refractivity contribution in [3.63, 3.8) is 0 Å². The van der Waals surface area contributed by atoms with Crippen molar-refractivity contribution in [3.8, 4) is 22.8 Å². The zero-order valence-electron chi connectivity index (χ0n) is 22.5. The van der Waals surface area contributed by atoms with Gasteiger partial charge < -0.3 is 23.8 Å². The minimum Gasteiger partial charge on any atom is -0.376 e. The van der Waals surface area contributed by atoms with Gasteiger partial charge in [-0.3, -0.25) is 5.10 Å². The molecule has 1 aliphatic heterocycles. The Morgan fingerprint density at radius 1 is 0.865 bits per heavy atom. The van der Waals surface area contributed by atoms with E-state index >= 15 is 0 Å². The maximum absolute atomic E-state index is 5.92. The van der Waals surface area contributed by atoms with Gasteiger partial charge in [-0.2, -0.15) is 5.10 Å². The lowest BCUT2D eigenvalue weighted by Crippen LogP contribution is -2.59. The van der Waals surface area contributed by atoms with E-state index in [1.807, 2.05) is 31.2 Å². The number of benzene rings is 2. The van der Waals surface area contributed by atoms with E-state index in [0.29, 0.717) is 5.82 Å². The van der Waals surface area contributed by atoms with Gasteiger partial charge in [-0.15, -0.1) is 0 Å². The van der Waals surface area contributed by atoms with Gasteiger partial charge >= 0.3 is 0 Å². The van der Waals surface area contributed by atoms with E-state index in [-0.39, 0.29) is 23.7 Å². The number of hydrogen-bond acceptors (Lipinski definition) is 8. The Kier molecular flexibility index (Phi) is 8.39. The quantitative estimate of drug-likeness (QED) is 0.351. The average Bonchev–Trinajstić information content (AvgIpc) is 3.38. The molecule has 2 heterocycles. The largest absolute Gasteiger partial charge is 0.376 e. The summed E-state index contributed by atoms with van der Waals surface area (Å²) >= 11 is 0. The molecule has 0 amide bonds. The second-order valence-electron chi connectivity index (χ2n) is 10.1. The van der Waals surface area contributed by atoms with Gasteiger partial charge in [0.2, 0.25) is 0 Å². The van der Waals surface area contributed by atoms with Gasteiger partial charge in [-0.05, 0) is 23.5 Å². The molecule has 1 N–H and O–H groups in total. The minimum absolute atomic E-state index is 0.105. The standard InChI is InChI=1S/C28H36N4O5/c1-17-22(33-5)23(34-6)24(35-7)27(36-17)37-29-16-18-8-10-19(11-9-18)25-30-26(32-31-25)20-12-14-21(15-13-20)28(2,3)4/h8-17,22-24,27H,1-7H3,(H,30,31,32)/b29-16+/t17-,22-,23+,24+,27-/m0/s1. The monoisotopic (exact) mass is 508 g/mol. The molecule has 2 aromatic carbocycles. The van der Waals surface area contributed by atoms with Gasteiger partial charge in [0.25, 0.3) is 6.29 Å². The summed E-state index contributed by atoms with van der Waals surface area (Å²) in [5, 5.41) is 11.6. The number of oxime groups is 1. The molecule has 0 bridgehead atoms. The number of nitrogens with zero attached hydrogens (tertiary/aromatic N) is 3. The normalized spacial score (nSPS) is 24.5. The number of hydrogen-bond donors (Lipinski definition) is 1. The van der Waals surface area contributed by atoms with Crippen LogP contribution in [0.1, 0.15) is 38.8 Å². The lowest BCUT2D eigenvalue weighted by Gasteiger charge is -2.42. The summed E-state index contributed by atoms with van der Waals surface area (Å²) in [5.74, 6) is 1.36. The van der Waals surface area contributed by atoms with Crippen molar-refractivity contribution in [1.82, 2.24) is 15.2 Å². The fourth-order valence-corrected chi connectivity index (χ4v) is 4.42. The van der Waals surface area contributed by atoms with Gasteiger partial charge in [0.1, 0.15) is 12.2 Å². The van der Waals surface area contributed by atoms with Crippen LogP contribution in [-0.4, -0.2) is 73.4 Å². The number of methoxy groups -OCH3 is 3. The fourth-order valence-electron chi connectivity index (χ4n) is 4.42. The summed E-state index contributed by atoms with van der Waals surface area (Å²) < 4.78 is 22.6. The Hall–Kier alpha value is -3.11. The summed E-state index contributed by atoms with van der Waals surface area (Å²) in [7, 11) is 4.81. The number of ether oxygens (including phenoxy) is 4. The number of aromatic nitrogens is 3. The summed E-state index contributed by atoms with van der Waals surface area (Å²) in [6, 6.07) is 16.1. The van der Waals surface area contributed by atoms with Crippen LogP contribution in [0.5, 0.6) is 0 Å². The molecule has 198 valence electrons. The molecule has 3 aromatic rings. The van der Waals surface area contributed by atoms with Crippen LogP contribution in [-0.2, 0) is 29.2 Å². The molecule has 1 saturated heterocycles. The van der Waals surface area contributed by atoms with Crippen LogP contribution in [0.4, 0.5) is 0 Å². The Morgan fingerprint density at radius 2 is 1.49 bits per heavy atom. The van der Waals surface area contributed by atoms with Crippen LogP contribution in [0.15, 0.2) is 53.7 Å². The molecule has 1 aliphatic rings. The third-order valence-corrected chi connectivity index (χ3v) is 6.59. The van der Waals surface area contributed by atoms with Crippen LogP contribution < -0.4 is 0 Å². The van der Waals surface area contributed by atoms with Crippen LogP contribution in [0.25, 0.3) is 22.8 Å². The SMILES string of the molecule is CO[C@@H]1[C@@H](OC)[C@H](C)O[C@@H](O/N=C/c2ccc(-c3n[nH]c(-c4ccc(C(C)(C)C)cc4)n3)cc2)[C@@H]1OC. The Labute approximate surface area is 218 Å². The van der Waals surface area contributed by atoms with Crippen LogP contribution >= 0.6 is 0 Å². The van der Waals surface area contributed by atoms with E-state index in [1.54, 1.807) is 27.5 Å². The first-order valence-corrected chi connectivity index (χ1v) is 12.3. The fraction of sp³-hybridized carbons (Fsp3) is 0.464. The second-order valence-corrected chi connectivity index (χ2v) is 10.1. The molecule has 9 nitrogen and oxygen atoms in total. The van der Waals surface area contributed by atoms with Gasteiger partial charge in [-0.25, -0.2) is 4.98 Å². The van der Waals surface area contributed by atoms with Gasteiger partial charge in [-0.1, -0.05) is 74.5 Å². The number of nitrogens with one attached hydrogen (secondary N) is 1. The van der Waals surface area contributed by atoms with Crippen molar-refractivity contribution < 1.29 is 23.8 Å². The number of H-pyrrole nitrogens is 1. The van der Waals surface area contributed by atoms with E-state index in [1.165, 1.54) is 5.56 Å². The van der Waals surface area contributed by atoms with Crippen LogP contribution in [0.3, 0.4) is 0 Å². The van der Waals surface area contributed by atoms with Crippen molar-refractivity contribution in [3.05, 3.63) is 59.7 Å². The zero-order valence-corrected chi connectivity index (χ0v) is 22.5. The zero-order chi connectivity index (χ0) is 26.6. The Bertz CT molecular complexity index is 1170. The third kappa shape index (κ3) is 6.07. The van der Waals surface area contributed by atoms with E-state index in [0.717, 1.165) is 22.5 Å². The van der Waals surface area contributed by atoms with Crippen molar-refractivity contribution in [2.24, 2.45) is 5.16 Å². The van der Waals surface area contributed by atoms with Crippen molar-refractivity contribution in [2.75, 3.05) is 21.3 Å². The first-order chi connectivity index (χ1) is 17.7. The van der Waals surface area contributed by atoms with Crippen LogP contribution in [0, 0.1) is 0 Å². The topological polar surface area (TPSA) is 100 Å². The lowest BCUT2D eigenvalue weighted by molar-refractivity contribution is -0.305. The first-order valence-electron chi connectivity index (χ1n) is 12.3. The highest BCUT2D eigenvalue weighted by molar-refractivity contribution is 5.80. The van der Waals surface area contributed by atoms with Crippen molar-refractivity contribution >= 4 is 6.21 Å². The second kappa shape index (κ2) is 11.5. The molecule has 1 aromatic heterocycles. The summed E-state index contributed by atoms with van der Waals surface area (Å²) in [5.41, 5.74) is 4.12. The molecule has 9 heteroatoms. The molecule has 0 aliphatic carbocycles. The molecular formula is C28H36N4O5. The summed E-state index contributed by atoms with van der Waals surface area (Å²) in [4.78, 5) is 10.3. The predicted octanol–water partition coefficient (Wildman–Crippen LogP) is 4.58. The average molecular weight is 509 g/mol. The summed E-state index contributed by atoms with van der Waals surface area (Å²) in [6.07, 6.45) is -0.462. The molecule has 4 rings (SSSR count). The van der Waals surface area contributed by atoms with Crippen molar-refractivity contribution in [1.29, 1.82) is 0 Å². The van der Waals surface area contributed by atoms with E-state index in [4.69, 9.17) is 23.8 Å². The lowest BCUT2D eigenvalue weighted by atomic mass is 9.87. The van der Waals surface area contributed by atoms with Gasteiger partial charge in [0, 0.05) is 32.5 Å². The van der Waals surface area contributed by atoms with E-state index < -0.39 is 12.4 Å². The molecule has 0 unspecified atom stereocenters. The van der Waals surface area contributed by atoms with Gasteiger partial charge in [0.05, 0.1) is 12.3 Å². The maximum Gasteiger partial charge on any atom is 0.256 e.